The maximum atomic E-state index is 12.1. The van der Waals surface area contributed by atoms with Crippen LogP contribution in [0, 0.1) is 0 Å². The van der Waals surface area contributed by atoms with E-state index in [9.17, 15) is 8.42 Å². The van der Waals surface area contributed by atoms with Crippen LogP contribution in [0.4, 0.5) is 0 Å². The van der Waals surface area contributed by atoms with Gasteiger partial charge in [-0.3, -0.25) is 4.99 Å². The third-order valence-corrected chi connectivity index (χ3v) is 6.12. The second-order valence-electron chi connectivity index (χ2n) is 6.40. The van der Waals surface area contributed by atoms with Crippen LogP contribution in [-0.4, -0.2) is 54.0 Å². The van der Waals surface area contributed by atoms with Crippen molar-refractivity contribution in [1.29, 1.82) is 0 Å². The van der Waals surface area contributed by atoms with Crippen molar-refractivity contribution in [3.05, 3.63) is 53.6 Å². The Bertz CT molecular complexity index is 941. The number of ether oxygens (including phenoxy) is 2. The number of nitrogens with one attached hydrogen (secondary N) is 2. The molecule has 0 heterocycles. The quantitative estimate of drug-likeness (QED) is 0.500. The van der Waals surface area contributed by atoms with Crippen LogP contribution < -0.4 is 20.1 Å². The van der Waals surface area contributed by atoms with Crippen LogP contribution in [0.2, 0.25) is 0 Å². The van der Waals surface area contributed by atoms with E-state index in [1.54, 1.807) is 45.5 Å². The van der Waals surface area contributed by atoms with Crippen molar-refractivity contribution in [2.75, 3.05) is 35.4 Å². The zero-order valence-corrected chi connectivity index (χ0v) is 18.2. The minimum atomic E-state index is -3.42. The standard InChI is InChI=1S/C20H28N4O4S/c1-21-20(23-14-16-8-11-18(27-4)19(12-16)28-5)22-13-15-6-9-17(10-7-15)29(25,26)24(2)3/h6-12H,13-14H2,1-5H3,(H2,21,22,23). The van der Waals surface area contributed by atoms with Gasteiger partial charge in [0.1, 0.15) is 0 Å². The normalized spacial score (nSPS) is 12.0. The van der Waals surface area contributed by atoms with Gasteiger partial charge < -0.3 is 20.1 Å². The van der Waals surface area contributed by atoms with E-state index in [-0.39, 0.29) is 4.90 Å². The summed E-state index contributed by atoms with van der Waals surface area (Å²) >= 11 is 0. The molecule has 2 aromatic rings. The van der Waals surface area contributed by atoms with Crippen LogP contribution in [0.3, 0.4) is 0 Å². The summed E-state index contributed by atoms with van der Waals surface area (Å²) < 4.78 is 36.0. The summed E-state index contributed by atoms with van der Waals surface area (Å²) in [5.41, 5.74) is 1.96. The lowest BCUT2D eigenvalue weighted by atomic mass is 10.2. The van der Waals surface area contributed by atoms with Gasteiger partial charge in [-0.1, -0.05) is 18.2 Å². The Morgan fingerprint density at radius 2 is 1.48 bits per heavy atom. The van der Waals surface area contributed by atoms with Crippen LogP contribution in [-0.2, 0) is 23.1 Å². The molecule has 0 saturated carbocycles. The number of sulfonamides is 1. The number of benzene rings is 2. The van der Waals surface area contributed by atoms with Crippen molar-refractivity contribution in [2.24, 2.45) is 4.99 Å². The van der Waals surface area contributed by atoms with Crippen LogP contribution in [0.15, 0.2) is 52.4 Å². The monoisotopic (exact) mass is 420 g/mol. The van der Waals surface area contributed by atoms with Crippen molar-refractivity contribution in [3.8, 4) is 11.5 Å². The van der Waals surface area contributed by atoms with Gasteiger partial charge in [0.25, 0.3) is 0 Å². The lowest BCUT2D eigenvalue weighted by molar-refractivity contribution is 0.354. The molecule has 0 saturated heterocycles. The molecule has 9 heteroatoms. The molecule has 0 aliphatic heterocycles. The summed E-state index contributed by atoms with van der Waals surface area (Å²) in [6.07, 6.45) is 0. The lowest BCUT2D eigenvalue weighted by Crippen LogP contribution is -2.36. The Morgan fingerprint density at radius 1 is 0.931 bits per heavy atom. The first kappa shape index (κ1) is 22.5. The van der Waals surface area contributed by atoms with Crippen LogP contribution in [0.5, 0.6) is 11.5 Å². The first-order chi connectivity index (χ1) is 13.8. The molecule has 2 N–H and O–H groups in total. The zero-order valence-electron chi connectivity index (χ0n) is 17.4. The Hall–Kier alpha value is -2.78. The summed E-state index contributed by atoms with van der Waals surface area (Å²) in [6, 6.07) is 12.5. The average molecular weight is 421 g/mol. The van der Waals surface area contributed by atoms with E-state index in [0.29, 0.717) is 30.5 Å². The minimum Gasteiger partial charge on any atom is -0.493 e. The molecule has 0 atom stereocenters. The number of methoxy groups -OCH3 is 2. The first-order valence-electron chi connectivity index (χ1n) is 8.98. The van der Waals surface area contributed by atoms with E-state index in [1.165, 1.54) is 18.4 Å². The van der Waals surface area contributed by atoms with E-state index < -0.39 is 10.0 Å². The van der Waals surface area contributed by atoms with Gasteiger partial charge in [0.05, 0.1) is 19.1 Å². The Kier molecular flexibility index (Phi) is 7.86. The second kappa shape index (κ2) is 10.1. The van der Waals surface area contributed by atoms with Crippen molar-refractivity contribution >= 4 is 16.0 Å². The molecule has 0 aromatic heterocycles. The maximum absolute atomic E-state index is 12.1. The third kappa shape index (κ3) is 5.85. The summed E-state index contributed by atoms with van der Waals surface area (Å²) in [6.45, 7) is 1.06. The molecule has 0 bridgehead atoms. The molecule has 0 unspecified atom stereocenters. The van der Waals surface area contributed by atoms with E-state index >= 15 is 0 Å². The fourth-order valence-electron chi connectivity index (χ4n) is 2.57. The lowest BCUT2D eigenvalue weighted by Gasteiger charge is -2.14. The van der Waals surface area contributed by atoms with Gasteiger partial charge in [-0.2, -0.15) is 0 Å². The average Bonchev–Trinajstić information content (AvgIpc) is 2.73. The molecule has 2 rings (SSSR count). The first-order valence-corrected chi connectivity index (χ1v) is 10.4. The molecule has 0 aliphatic carbocycles. The highest BCUT2D eigenvalue weighted by Crippen LogP contribution is 2.27. The van der Waals surface area contributed by atoms with E-state index in [2.05, 4.69) is 15.6 Å². The molecular formula is C20H28N4O4S. The molecule has 8 nitrogen and oxygen atoms in total. The molecule has 2 aromatic carbocycles. The van der Waals surface area contributed by atoms with Gasteiger partial charge in [-0.15, -0.1) is 0 Å². The highest BCUT2D eigenvalue weighted by atomic mass is 32.2. The SMILES string of the molecule is CN=C(NCc1ccc(S(=O)(=O)N(C)C)cc1)NCc1ccc(OC)c(OC)c1. The van der Waals surface area contributed by atoms with E-state index in [0.717, 1.165) is 11.1 Å². The number of aliphatic imine (C=N–C) groups is 1. The van der Waals surface area contributed by atoms with E-state index in [1.807, 2.05) is 18.2 Å². The van der Waals surface area contributed by atoms with Gasteiger partial charge in [-0.05, 0) is 35.4 Å². The molecular weight excluding hydrogens is 392 g/mol. The van der Waals surface area contributed by atoms with Gasteiger partial charge in [-0.25, -0.2) is 12.7 Å². The molecule has 29 heavy (non-hydrogen) atoms. The second-order valence-corrected chi connectivity index (χ2v) is 8.55. The zero-order chi connectivity index (χ0) is 21.4. The van der Waals surface area contributed by atoms with Gasteiger partial charge in [0.2, 0.25) is 10.0 Å². The summed E-state index contributed by atoms with van der Waals surface area (Å²) in [5.74, 6) is 1.98. The molecule has 0 amide bonds. The Balaban J connectivity index is 1.94. The highest BCUT2D eigenvalue weighted by Gasteiger charge is 2.16. The van der Waals surface area contributed by atoms with Gasteiger partial charge in [0.15, 0.2) is 17.5 Å². The Morgan fingerprint density at radius 3 is 2.00 bits per heavy atom. The smallest absolute Gasteiger partial charge is 0.242 e. The molecule has 0 spiro atoms. The van der Waals surface area contributed by atoms with Crippen molar-refractivity contribution < 1.29 is 17.9 Å². The number of hydrogen-bond donors (Lipinski definition) is 2. The topological polar surface area (TPSA) is 92.3 Å². The van der Waals surface area contributed by atoms with Crippen LogP contribution >= 0.6 is 0 Å². The number of nitrogens with zero attached hydrogens (tertiary/aromatic N) is 2. The van der Waals surface area contributed by atoms with Gasteiger partial charge in [0, 0.05) is 34.2 Å². The summed E-state index contributed by atoms with van der Waals surface area (Å²) in [5, 5.41) is 6.45. The molecule has 0 radical (unpaired) electrons. The fourth-order valence-corrected chi connectivity index (χ4v) is 3.47. The van der Waals surface area contributed by atoms with Crippen LogP contribution in [0.1, 0.15) is 11.1 Å². The molecule has 0 fully saturated rings. The minimum absolute atomic E-state index is 0.266. The number of rotatable bonds is 8. The predicted octanol–water partition coefficient (Wildman–Crippen LogP) is 1.82. The Labute approximate surface area is 172 Å². The van der Waals surface area contributed by atoms with Gasteiger partial charge >= 0.3 is 0 Å². The van der Waals surface area contributed by atoms with Crippen molar-refractivity contribution in [3.63, 3.8) is 0 Å². The third-order valence-electron chi connectivity index (χ3n) is 4.29. The largest absolute Gasteiger partial charge is 0.493 e. The molecule has 0 aliphatic rings. The fraction of sp³-hybridized carbons (Fsp3) is 0.350. The number of guanidine groups is 1. The van der Waals surface area contributed by atoms with Crippen molar-refractivity contribution in [2.45, 2.75) is 18.0 Å². The predicted molar refractivity (Wildman–Crippen MR) is 114 cm³/mol. The summed E-state index contributed by atoms with van der Waals surface area (Å²) in [7, 11) is 4.50. The molecule has 158 valence electrons. The summed E-state index contributed by atoms with van der Waals surface area (Å²) in [4.78, 5) is 4.48. The van der Waals surface area contributed by atoms with Crippen LogP contribution in [0.25, 0.3) is 0 Å². The maximum Gasteiger partial charge on any atom is 0.242 e. The number of hydrogen-bond acceptors (Lipinski definition) is 5. The van der Waals surface area contributed by atoms with Crippen molar-refractivity contribution in [1.82, 2.24) is 14.9 Å². The highest BCUT2D eigenvalue weighted by molar-refractivity contribution is 7.89. The van der Waals surface area contributed by atoms with E-state index in [4.69, 9.17) is 9.47 Å².